The minimum atomic E-state index is -0.436. The Labute approximate surface area is 175 Å². The van der Waals surface area contributed by atoms with Crippen molar-refractivity contribution in [3.8, 4) is 22.9 Å². The SMILES string of the molecule is COc1cc(C=Nn2c(-c3ccc(Cl)cc3Cl)n[nH]c2=S)ccc1OC(C)=O. The van der Waals surface area contributed by atoms with Crippen molar-refractivity contribution >= 4 is 47.6 Å². The van der Waals surface area contributed by atoms with Crippen molar-refractivity contribution in [2.24, 2.45) is 5.10 Å². The van der Waals surface area contributed by atoms with E-state index in [9.17, 15) is 4.79 Å². The van der Waals surface area contributed by atoms with Crippen LogP contribution in [0.2, 0.25) is 10.0 Å². The summed E-state index contributed by atoms with van der Waals surface area (Å²) in [6.07, 6.45) is 1.57. The molecule has 1 aromatic heterocycles. The molecule has 3 rings (SSSR count). The maximum Gasteiger partial charge on any atom is 0.308 e. The Morgan fingerprint density at radius 3 is 2.71 bits per heavy atom. The van der Waals surface area contributed by atoms with Crippen molar-refractivity contribution in [1.82, 2.24) is 14.9 Å². The van der Waals surface area contributed by atoms with Crippen LogP contribution in [0.25, 0.3) is 11.4 Å². The van der Waals surface area contributed by atoms with E-state index in [1.807, 2.05) is 0 Å². The number of nitrogens with one attached hydrogen (secondary N) is 1. The van der Waals surface area contributed by atoms with Crippen LogP contribution in [0.15, 0.2) is 41.5 Å². The molecule has 0 radical (unpaired) electrons. The molecule has 1 heterocycles. The van der Waals surface area contributed by atoms with Crippen LogP contribution in [0.3, 0.4) is 0 Å². The first-order valence-corrected chi connectivity index (χ1v) is 9.09. The highest BCUT2D eigenvalue weighted by Crippen LogP contribution is 2.30. The van der Waals surface area contributed by atoms with Crippen LogP contribution >= 0.6 is 35.4 Å². The average Bonchev–Trinajstić information content (AvgIpc) is 3.01. The molecule has 0 atom stereocenters. The molecule has 0 aliphatic heterocycles. The fraction of sp³-hybridized carbons (Fsp3) is 0.111. The van der Waals surface area contributed by atoms with Gasteiger partial charge in [-0.05, 0) is 54.2 Å². The number of nitrogens with zero attached hydrogens (tertiary/aromatic N) is 3. The second kappa shape index (κ2) is 8.55. The summed E-state index contributed by atoms with van der Waals surface area (Å²) in [6, 6.07) is 10.1. The van der Waals surface area contributed by atoms with Gasteiger partial charge >= 0.3 is 5.97 Å². The van der Waals surface area contributed by atoms with E-state index < -0.39 is 5.97 Å². The van der Waals surface area contributed by atoms with Gasteiger partial charge in [-0.25, -0.2) is 5.10 Å². The van der Waals surface area contributed by atoms with E-state index in [1.54, 1.807) is 42.6 Å². The molecule has 28 heavy (non-hydrogen) atoms. The quantitative estimate of drug-likeness (QED) is 0.270. The Hall–Kier alpha value is -2.68. The van der Waals surface area contributed by atoms with Gasteiger partial charge in [0.15, 0.2) is 17.3 Å². The number of carbonyl (C=O) groups excluding carboxylic acids is 1. The standard InChI is InChI=1S/C18H14Cl2N4O3S/c1-10(25)27-15-6-3-11(7-16(15)26-2)9-21-24-17(22-23-18(24)28)13-5-4-12(19)8-14(13)20/h3-9H,1-2H3,(H,23,28). The number of ether oxygens (including phenoxy) is 2. The van der Waals surface area contributed by atoms with Crippen molar-refractivity contribution in [2.75, 3.05) is 7.11 Å². The summed E-state index contributed by atoms with van der Waals surface area (Å²) in [5.41, 5.74) is 1.32. The van der Waals surface area contributed by atoms with Crippen LogP contribution in [0.5, 0.6) is 11.5 Å². The first kappa shape index (κ1) is 20.1. The molecular weight excluding hydrogens is 423 g/mol. The fourth-order valence-electron chi connectivity index (χ4n) is 2.37. The first-order valence-electron chi connectivity index (χ1n) is 7.92. The highest BCUT2D eigenvalue weighted by Gasteiger charge is 2.13. The number of hydrogen-bond acceptors (Lipinski definition) is 6. The zero-order valence-electron chi connectivity index (χ0n) is 14.8. The van der Waals surface area contributed by atoms with Crippen molar-refractivity contribution in [2.45, 2.75) is 6.92 Å². The molecule has 144 valence electrons. The van der Waals surface area contributed by atoms with E-state index in [4.69, 9.17) is 44.9 Å². The van der Waals surface area contributed by atoms with E-state index in [0.29, 0.717) is 43.3 Å². The van der Waals surface area contributed by atoms with Crippen molar-refractivity contribution in [3.05, 3.63) is 56.8 Å². The minimum absolute atomic E-state index is 0.292. The summed E-state index contributed by atoms with van der Waals surface area (Å²) in [5, 5.41) is 12.2. The number of carbonyl (C=O) groups is 1. The van der Waals surface area contributed by atoms with Gasteiger partial charge in [0, 0.05) is 17.5 Å². The van der Waals surface area contributed by atoms with E-state index in [1.165, 1.54) is 18.7 Å². The third-order valence-corrected chi connectivity index (χ3v) is 4.40. The van der Waals surface area contributed by atoms with Gasteiger partial charge in [-0.1, -0.05) is 23.2 Å². The third-order valence-electron chi connectivity index (χ3n) is 3.59. The molecule has 10 heteroatoms. The van der Waals surface area contributed by atoms with Gasteiger partial charge in [-0.15, -0.1) is 0 Å². The molecule has 0 aliphatic rings. The zero-order valence-corrected chi connectivity index (χ0v) is 17.1. The van der Waals surface area contributed by atoms with E-state index in [2.05, 4.69) is 15.3 Å². The predicted molar refractivity (Wildman–Crippen MR) is 110 cm³/mol. The average molecular weight is 437 g/mol. The smallest absolute Gasteiger partial charge is 0.308 e. The number of hydrogen-bond donors (Lipinski definition) is 1. The Morgan fingerprint density at radius 2 is 2.04 bits per heavy atom. The van der Waals surface area contributed by atoms with Gasteiger partial charge < -0.3 is 9.47 Å². The summed E-state index contributed by atoms with van der Waals surface area (Å²) in [7, 11) is 1.48. The maximum absolute atomic E-state index is 11.2. The number of aromatic nitrogens is 3. The summed E-state index contributed by atoms with van der Waals surface area (Å²) >= 11 is 17.5. The molecule has 3 aromatic rings. The van der Waals surface area contributed by atoms with Crippen LogP contribution in [-0.2, 0) is 4.79 Å². The number of aromatic amines is 1. The monoisotopic (exact) mass is 436 g/mol. The van der Waals surface area contributed by atoms with Gasteiger partial charge in [0.05, 0.1) is 18.3 Å². The summed E-state index contributed by atoms with van der Waals surface area (Å²) in [5.74, 6) is 0.719. The van der Waals surface area contributed by atoms with Gasteiger partial charge in [-0.3, -0.25) is 4.79 Å². The molecule has 0 saturated heterocycles. The predicted octanol–water partition coefficient (Wildman–Crippen LogP) is 4.73. The Kier molecular flexibility index (Phi) is 6.13. The van der Waals surface area contributed by atoms with E-state index >= 15 is 0 Å². The number of methoxy groups -OCH3 is 1. The van der Waals surface area contributed by atoms with Crippen LogP contribution < -0.4 is 9.47 Å². The van der Waals surface area contributed by atoms with Gasteiger partial charge in [0.2, 0.25) is 4.77 Å². The lowest BCUT2D eigenvalue weighted by Crippen LogP contribution is -2.03. The third kappa shape index (κ3) is 4.41. The highest BCUT2D eigenvalue weighted by atomic mass is 35.5. The van der Waals surface area contributed by atoms with Crippen LogP contribution in [0.4, 0.5) is 0 Å². The molecule has 1 N–H and O–H groups in total. The Morgan fingerprint density at radius 1 is 1.25 bits per heavy atom. The number of benzene rings is 2. The summed E-state index contributed by atoms with van der Waals surface area (Å²) in [4.78, 5) is 11.2. The number of rotatable bonds is 5. The largest absolute Gasteiger partial charge is 0.493 e. The molecule has 0 saturated carbocycles. The number of halogens is 2. The zero-order chi connectivity index (χ0) is 20.3. The van der Waals surface area contributed by atoms with E-state index in [0.717, 1.165) is 0 Å². The van der Waals surface area contributed by atoms with Crippen molar-refractivity contribution in [1.29, 1.82) is 0 Å². The Bertz CT molecular complexity index is 1120. The van der Waals surface area contributed by atoms with Gasteiger partial charge in [0.25, 0.3) is 0 Å². The maximum atomic E-state index is 11.2. The van der Waals surface area contributed by atoms with E-state index in [-0.39, 0.29) is 0 Å². The number of H-pyrrole nitrogens is 1. The second-order valence-electron chi connectivity index (χ2n) is 5.54. The molecule has 0 unspecified atom stereocenters. The van der Waals surface area contributed by atoms with Gasteiger partial charge in [-0.2, -0.15) is 14.9 Å². The summed E-state index contributed by atoms with van der Waals surface area (Å²) in [6.45, 7) is 1.32. The second-order valence-corrected chi connectivity index (χ2v) is 6.77. The molecule has 0 bridgehead atoms. The molecular formula is C18H14Cl2N4O3S. The van der Waals surface area contributed by atoms with Crippen molar-refractivity contribution in [3.63, 3.8) is 0 Å². The van der Waals surface area contributed by atoms with Crippen LogP contribution in [-0.4, -0.2) is 34.2 Å². The summed E-state index contributed by atoms with van der Waals surface area (Å²) < 4.78 is 12.1. The molecule has 0 spiro atoms. The first-order chi connectivity index (χ1) is 13.4. The fourth-order valence-corrected chi connectivity index (χ4v) is 3.04. The van der Waals surface area contributed by atoms with Crippen LogP contribution in [0, 0.1) is 4.77 Å². The Balaban J connectivity index is 1.96. The molecule has 0 aliphatic carbocycles. The number of esters is 1. The molecule has 2 aromatic carbocycles. The lowest BCUT2D eigenvalue weighted by molar-refractivity contribution is -0.132. The molecule has 0 fully saturated rings. The lowest BCUT2D eigenvalue weighted by Gasteiger charge is -2.08. The molecule has 0 amide bonds. The molecule has 7 nitrogen and oxygen atoms in total. The highest BCUT2D eigenvalue weighted by molar-refractivity contribution is 7.71. The van der Waals surface area contributed by atoms with Crippen LogP contribution in [0.1, 0.15) is 12.5 Å². The topological polar surface area (TPSA) is 81.5 Å². The van der Waals surface area contributed by atoms with Crippen molar-refractivity contribution < 1.29 is 14.3 Å². The van der Waals surface area contributed by atoms with Gasteiger partial charge in [0.1, 0.15) is 0 Å². The lowest BCUT2D eigenvalue weighted by atomic mass is 10.2. The normalized spacial score (nSPS) is 11.0. The minimum Gasteiger partial charge on any atom is -0.493 e.